The van der Waals surface area contributed by atoms with Crippen molar-refractivity contribution in [3.63, 3.8) is 0 Å². The second kappa shape index (κ2) is 8.65. The Morgan fingerprint density at radius 3 is 2.58 bits per heavy atom. The van der Waals surface area contributed by atoms with Gasteiger partial charge in [-0.25, -0.2) is 0 Å². The molecule has 1 heterocycles. The molecule has 1 aliphatic rings. The second-order valence-corrected chi connectivity index (χ2v) is 8.03. The summed E-state index contributed by atoms with van der Waals surface area (Å²) in [5, 5.41) is 4.18. The molecule has 0 aromatic heterocycles. The number of benzene rings is 3. The van der Waals surface area contributed by atoms with Gasteiger partial charge in [0.05, 0.1) is 12.0 Å². The molecule has 1 aliphatic heterocycles. The van der Waals surface area contributed by atoms with Gasteiger partial charge in [-0.2, -0.15) is 0 Å². The zero-order chi connectivity index (χ0) is 22.0. The van der Waals surface area contributed by atoms with Crippen molar-refractivity contribution in [3.05, 3.63) is 76.7 Å². The number of carbonyl (C=O) groups is 3. The number of anilines is 1. The Morgan fingerprint density at radius 2 is 1.81 bits per heavy atom. The van der Waals surface area contributed by atoms with Crippen molar-refractivity contribution in [3.8, 4) is 5.75 Å². The average Bonchev–Trinajstić information content (AvgIpc) is 3.03. The summed E-state index contributed by atoms with van der Waals surface area (Å²) in [6.45, 7) is 1.53. The molecule has 3 amide bonds. The minimum atomic E-state index is -0.495. The van der Waals surface area contributed by atoms with Crippen LogP contribution in [0.25, 0.3) is 16.8 Å². The van der Waals surface area contributed by atoms with Gasteiger partial charge in [-0.3, -0.25) is 19.3 Å². The number of nitrogens with zero attached hydrogens (tertiary/aromatic N) is 1. The maximum absolute atomic E-state index is 12.9. The number of imide groups is 1. The Labute approximate surface area is 183 Å². The number of methoxy groups -OCH3 is 1. The molecule has 7 heteroatoms. The van der Waals surface area contributed by atoms with Crippen LogP contribution in [0.15, 0.2) is 65.6 Å². The summed E-state index contributed by atoms with van der Waals surface area (Å²) >= 11 is 0.819. The summed E-state index contributed by atoms with van der Waals surface area (Å²) in [4.78, 5) is 39.0. The van der Waals surface area contributed by atoms with Crippen LogP contribution in [-0.4, -0.2) is 35.6 Å². The van der Waals surface area contributed by atoms with Crippen molar-refractivity contribution in [2.45, 2.75) is 6.92 Å². The Kier molecular flexibility index (Phi) is 5.77. The normalized spacial score (nSPS) is 15.0. The molecular formula is C24H20N2O4S. The number of para-hydroxylation sites is 1. The van der Waals surface area contributed by atoms with E-state index in [1.54, 1.807) is 19.3 Å². The predicted molar refractivity (Wildman–Crippen MR) is 123 cm³/mol. The summed E-state index contributed by atoms with van der Waals surface area (Å²) < 4.78 is 5.47. The molecule has 1 fully saturated rings. The molecular weight excluding hydrogens is 412 g/mol. The van der Waals surface area contributed by atoms with Gasteiger partial charge in [0, 0.05) is 11.3 Å². The molecule has 0 aliphatic carbocycles. The number of thioether (sulfide) groups is 1. The van der Waals surface area contributed by atoms with Crippen molar-refractivity contribution < 1.29 is 19.1 Å². The van der Waals surface area contributed by atoms with Gasteiger partial charge in [-0.15, -0.1) is 0 Å². The largest absolute Gasteiger partial charge is 0.496 e. The van der Waals surface area contributed by atoms with Gasteiger partial charge in [0.1, 0.15) is 12.3 Å². The molecule has 1 N–H and O–H groups in total. The van der Waals surface area contributed by atoms with Gasteiger partial charge in [-0.05, 0) is 53.2 Å². The van der Waals surface area contributed by atoms with Crippen LogP contribution in [0.4, 0.5) is 10.5 Å². The van der Waals surface area contributed by atoms with Crippen LogP contribution in [0, 0.1) is 6.92 Å². The zero-order valence-corrected chi connectivity index (χ0v) is 17.9. The number of carbonyl (C=O) groups excluding carboxylic acids is 3. The number of amides is 3. The van der Waals surface area contributed by atoms with E-state index in [9.17, 15) is 14.4 Å². The number of aryl methyl sites for hydroxylation is 1. The van der Waals surface area contributed by atoms with Crippen molar-refractivity contribution in [1.82, 2.24) is 4.90 Å². The van der Waals surface area contributed by atoms with Crippen molar-refractivity contribution >= 4 is 51.4 Å². The fourth-order valence-corrected chi connectivity index (χ4v) is 4.24. The first-order chi connectivity index (χ1) is 15.0. The van der Waals surface area contributed by atoms with Crippen molar-refractivity contribution in [1.29, 1.82) is 0 Å². The van der Waals surface area contributed by atoms with E-state index in [4.69, 9.17) is 4.74 Å². The Morgan fingerprint density at radius 1 is 1.06 bits per heavy atom. The van der Waals surface area contributed by atoms with Crippen molar-refractivity contribution in [2.75, 3.05) is 19.0 Å². The molecule has 6 nitrogen and oxygen atoms in total. The van der Waals surface area contributed by atoms with Crippen LogP contribution in [0.1, 0.15) is 11.1 Å². The quantitative estimate of drug-likeness (QED) is 0.585. The third kappa shape index (κ3) is 4.18. The highest BCUT2D eigenvalue weighted by atomic mass is 32.2. The van der Waals surface area contributed by atoms with E-state index in [-0.39, 0.29) is 11.4 Å². The Bertz CT molecular complexity index is 1240. The van der Waals surface area contributed by atoms with Crippen LogP contribution in [0.5, 0.6) is 5.75 Å². The van der Waals surface area contributed by atoms with E-state index in [0.29, 0.717) is 11.4 Å². The van der Waals surface area contributed by atoms with Gasteiger partial charge < -0.3 is 10.1 Å². The molecule has 156 valence electrons. The molecule has 0 bridgehead atoms. The second-order valence-electron chi connectivity index (χ2n) is 7.03. The number of hydrogen-bond acceptors (Lipinski definition) is 5. The smallest absolute Gasteiger partial charge is 0.294 e. The third-order valence-electron chi connectivity index (χ3n) is 5.02. The lowest BCUT2D eigenvalue weighted by Gasteiger charge is -2.13. The van der Waals surface area contributed by atoms with E-state index >= 15 is 0 Å². The van der Waals surface area contributed by atoms with E-state index in [1.165, 1.54) is 0 Å². The lowest BCUT2D eigenvalue weighted by atomic mass is 10.0. The van der Waals surface area contributed by atoms with E-state index in [0.717, 1.165) is 38.6 Å². The molecule has 0 unspecified atom stereocenters. The minimum absolute atomic E-state index is 0.253. The molecule has 3 aromatic carbocycles. The SMILES string of the molecule is COc1ccc2ccccc2c1/C=C1/SC(=O)N(CC(=O)Nc2ccccc2C)C1=O. The molecule has 3 aromatic rings. The third-order valence-corrected chi connectivity index (χ3v) is 5.93. The first-order valence-electron chi connectivity index (χ1n) is 9.64. The van der Waals surface area contributed by atoms with Gasteiger partial charge in [0.2, 0.25) is 5.91 Å². The van der Waals surface area contributed by atoms with E-state index < -0.39 is 17.1 Å². The topological polar surface area (TPSA) is 75.7 Å². The Hall–Kier alpha value is -3.58. The monoisotopic (exact) mass is 432 g/mol. The maximum atomic E-state index is 12.9. The fraction of sp³-hybridized carbons (Fsp3) is 0.125. The standard InChI is InChI=1S/C24H20N2O4S/c1-15-7-3-6-10-19(15)25-22(27)14-26-23(28)21(31-24(26)29)13-18-17-9-5-4-8-16(17)11-12-20(18)30-2/h3-13H,14H2,1-2H3,(H,25,27)/b21-13+. The first-order valence-corrected chi connectivity index (χ1v) is 10.5. The number of rotatable bonds is 5. The summed E-state index contributed by atoms with van der Waals surface area (Å²) in [6.07, 6.45) is 1.66. The van der Waals surface area contributed by atoms with E-state index in [2.05, 4.69) is 5.32 Å². The fourth-order valence-electron chi connectivity index (χ4n) is 3.42. The van der Waals surface area contributed by atoms with Gasteiger partial charge >= 0.3 is 0 Å². The van der Waals surface area contributed by atoms with E-state index in [1.807, 2.05) is 61.5 Å². The molecule has 31 heavy (non-hydrogen) atoms. The maximum Gasteiger partial charge on any atom is 0.294 e. The number of hydrogen-bond donors (Lipinski definition) is 1. The van der Waals surface area contributed by atoms with Gasteiger partial charge in [0.25, 0.3) is 11.1 Å². The minimum Gasteiger partial charge on any atom is -0.496 e. The number of ether oxygens (including phenoxy) is 1. The number of fused-ring (bicyclic) bond motifs is 1. The van der Waals surface area contributed by atoms with Crippen LogP contribution in [0.2, 0.25) is 0 Å². The highest BCUT2D eigenvalue weighted by Gasteiger charge is 2.36. The molecule has 0 atom stereocenters. The number of nitrogens with one attached hydrogen (secondary N) is 1. The summed E-state index contributed by atoms with van der Waals surface area (Å²) in [7, 11) is 1.56. The van der Waals surface area contributed by atoms with Gasteiger partial charge in [-0.1, -0.05) is 48.5 Å². The molecule has 4 rings (SSSR count). The molecule has 0 radical (unpaired) electrons. The molecule has 1 saturated heterocycles. The lowest BCUT2D eigenvalue weighted by molar-refractivity contribution is -0.127. The van der Waals surface area contributed by atoms with Gasteiger partial charge in [0.15, 0.2) is 0 Å². The van der Waals surface area contributed by atoms with Crippen molar-refractivity contribution in [2.24, 2.45) is 0 Å². The Balaban J connectivity index is 1.59. The highest BCUT2D eigenvalue weighted by Crippen LogP contribution is 2.36. The first kappa shape index (κ1) is 20.7. The van der Waals surface area contributed by atoms with Crippen LogP contribution < -0.4 is 10.1 Å². The predicted octanol–water partition coefficient (Wildman–Crippen LogP) is 4.83. The summed E-state index contributed by atoms with van der Waals surface area (Å²) in [6, 6.07) is 18.8. The van der Waals surface area contributed by atoms with Crippen LogP contribution in [-0.2, 0) is 9.59 Å². The average molecular weight is 433 g/mol. The zero-order valence-electron chi connectivity index (χ0n) is 17.0. The van der Waals surface area contributed by atoms with Crippen LogP contribution >= 0.6 is 11.8 Å². The summed E-state index contributed by atoms with van der Waals surface area (Å²) in [5.41, 5.74) is 2.26. The van der Waals surface area contributed by atoms with Crippen LogP contribution in [0.3, 0.4) is 0 Å². The summed E-state index contributed by atoms with van der Waals surface area (Å²) in [5.74, 6) is -0.326. The molecule has 0 saturated carbocycles. The molecule has 0 spiro atoms. The lowest BCUT2D eigenvalue weighted by Crippen LogP contribution is -2.36. The highest BCUT2D eigenvalue weighted by molar-refractivity contribution is 8.18.